The van der Waals surface area contributed by atoms with Crippen LogP contribution < -0.4 is 5.32 Å². The molecule has 0 unspecified atom stereocenters. The standard InChI is InChI=1S/C26H24N4O/c1-19-23(26(31)28-17-8-12-20-10-4-2-5-11-20)24(22-15-9-16-27-18-22)30-25(29-19)21-13-6-3-7-14-21/h2-7,9-11,13-16,18H,8,12,17H2,1H3,(H,28,31). The van der Waals surface area contributed by atoms with Crippen molar-refractivity contribution in [1.82, 2.24) is 20.3 Å². The third-order valence-corrected chi connectivity index (χ3v) is 5.05. The van der Waals surface area contributed by atoms with E-state index in [1.54, 1.807) is 12.4 Å². The Kier molecular flexibility index (Phi) is 6.43. The second kappa shape index (κ2) is 9.76. The van der Waals surface area contributed by atoms with Crippen LogP contribution in [-0.2, 0) is 6.42 Å². The third kappa shape index (κ3) is 5.01. The molecule has 5 heteroatoms. The molecule has 2 aromatic carbocycles. The van der Waals surface area contributed by atoms with Gasteiger partial charge in [-0.2, -0.15) is 0 Å². The average Bonchev–Trinajstić information content (AvgIpc) is 2.83. The van der Waals surface area contributed by atoms with Gasteiger partial charge in [-0.3, -0.25) is 9.78 Å². The summed E-state index contributed by atoms with van der Waals surface area (Å²) in [7, 11) is 0. The van der Waals surface area contributed by atoms with Crippen LogP contribution in [0.2, 0.25) is 0 Å². The normalized spacial score (nSPS) is 10.6. The fraction of sp³-hybridized carbons (Fsp3) is 0.154. The van der Waals surface area contributed by atoms with Gasteiger partial charge in [-0.25, -0.2) is 9.97 Å². The van der Waals surface area contributed by atoms with Gasteiger partial charge in [0.25, 0.3) is 5.91 Å². The van der Waals surface area contributed by atoms with Gasteiger partial charge in [0.15, 0.2) is 5.82 Å². The molecule has 2 aromatic heterocycles. The van der Waals surface area contributed by atoms with E-state index in [1.165, 1.54) is 5.56 Å². The number of aryl methyl sites for hydroxylation is 2. The Morgan fingerprint density at radius 2 is 1.58 bits per heavy atom. The first kappa shape index (κ1) is 20.4. The van der Waals surface area contributed by atoms with Crippen molar-refractivity contribution in [2.24, 2.45) is 0 Å². The molecular weight excluding hydrogens is 384 g/mol. The van der Waals surface area contributed by atoms with Crippen molar-refractivity contribution in [2.45, 2.75) is 19.8 Å². The lowest BCUT2D eigenvalue weighted by Gasteiger charge is -2.14. The molecule has 0 fully saturated rings. The van der Waals surface area contributed by atoms with Crippen LogP contribution in [0.25, 0.3) is 22.6 Å². The molecule has 0 aliphatic rings. The number of carbonyl (C=O) groups is 1. The van der Waals surface area contributed by atoms with E-state index < -0.39 is 0 Å². The molecule has 154 valence electrons. The summed E-state index contributed by atoms with van der Waals surface area (Å²) in [6.45, 7) is 2.44. The highest BCUT2D eigenvalue weighted by Gasteiger charge is 2.20. The summed E-state index contributed by atoms with van der Waals surface area (Å²) in [5.41, 5.74) is 4.70. The molecule has 0 aliphatic carbocycles. The lowest BCUT2D eigenvalue weighted by molar-refractivity contribution is 0.0952. The van der Waals surface area contributed by atoms with E-state index in [0.29, 0.717) is 29.3 Å². The topological polar surface area (TPSA) is 67.8 Å². The van der Waals surface area contributed by atoms with Gasteiger partial charge in [0.1, 0.15) is 0 Å². The number of carbonyl (C=O) groups excluding carboxylic acids is 1. The smallest absolute Gasteiger partial charge is 0.255 e. The minimum Gasteiger partial charge on any atom is -0.352 e. The maximum Gasteiger partial charge on any atom is 0.255 e. The van der Waals surface area contributed by atoms with Crippen LogP contribution in [0, 0.1) is 6.92 Å². The van der Waals surface area contributed by atoms with E-state index in [0.717, 1.165) is 24.0 Å². The number of benzene rings is 2. The quantitative estimate of drug-likeness (QED) is 0.443. The minimum atomic E-state index is -0.163. The molecule has 2 heterocycles. The molecule has 4 rings (SSSR count). The highest BCUT2D eigenvalue weighted by Crippen LogP contribution is 2.26. The fourth-order valence-electron chi connectivity index (χ4n) is 3.50. The molecule has 0 saturated carbocycles. The first-order chi connectivity index (χ1) is 15.2. The van der Waals surface area contributed by atoms with Gasteiger partial charge in [0.05, 0.1) is 17.0 Å². The van der Waals surface area contributed by atoms with Crippen LogP contribution in [0.4, 0.5) is 0 Å². The van der Waals surface area contributed by atoms with Crippen molar-refractivity contribution in [3.05, 3.63) is 102 Å². The summed E-state index contributed by atoms with van der Waals surface area (Å²) < 4.78 is 0. The summed E-state index contributed by atoms with van der Waals surface area (Å²) in [5, 5.41) is 3.04. The first-order valence-electron chi connectivity index (χ1n) is 10.4. The van der Waals surface area contributed by atoms with Crippen LogP contribution in [0.3, 0.4) is 0 Å². The van der Waals surface area contributed by atoms with Crippen molar-refractivity contribution >= 4 is 5.91 Å². The van der Waals surface area contributed by atoms with Gasteiger partial charge in [-0.1, -0.05) is 60.7 Å². The zero-order valence-electron chi connectivity index (χ0n) is 17.5. The Bertz CT molecular complexity index is 1150. The summed E-state index contributed by atoms with van der Waals surface area (Å²) >= 11 is 0. The minimum absolute atomic E-state index is 0.163. The zero-order valence-corrected chi connectivity index (χ0v) is 17.5. The third-order valence-electron chi connectivity index (χ3n) is 5.05. The van der Waals surface area contributed by atoms with E-state index in [9.17, 15) is 4.79 Å². The Labute approximate surface area is 182 Å². The fourth-order valence-corrected chi connectivity index (χ4v) is 3.50. The summed E-state index contributed by atoms with van der Waals surface area (Å²) in [5.74, 6) is 0.432. The lowest BCUT2D eigenvalue weighted by Crippen LogP contribution is -2.27. The number of pyridine rings is 1. The number of amides is 1. The second-order valence-corrected chi connectivity index (χ2v) is 7.31. The molecule has 0 spiro atoms. The highest BCUT2D eigenvalue weighted by atomic mass is 16.1. The van der Waals surface area contributed by atoms with Gasteiger partial charge in [-0.15, -0.1) is 0 Å². The number of nitrogens with zero attached hydrogens (tertiary/aromatic N) is 3. The Morgan fingerprint density at radius 1 is 0.871 bits per heavy atom. The number of hydrogen-bond acceptors (Lipinski definition) is 4. The van der Waals surface area contributed by atoms with Crippen molar-refractivity contribution in [2.75, 3.05) is 6.54 Å². The molecule has 0 bridgehead atoms. The predicted molar refractivity (Wildman–Crippen MR) is 123 cm³/mol. The molecule has 0 saturated heterocycles. The van der Waals surface area contributed by atoms with Gasteiger partial charge in [0, 0.05) is 30.1 Å². The Hall–Kier alpha value is -3.86. The summed E-state index contributed by atoms with van der Waals surface area (Å²) in [6.07, 6.45) is 5.21. The molecule has 0 atom stereocenters. The van der Waals surface area contributed by atoms with E-state index in [-0.39, 0.29) is 5.91 Å². The monoisotopic (exact) mass is 408 g/mol. The van der Waals surface area contributed by atoms with E-state index >= 15 is 0 Å². The van der Waals surface area contributed by atoms with Crippen LogP contribution >= 0.6 is 0 Å². The molecular formula is C26H24N4O. The Balaban J connectivity index is 1.59. The zero-order chi connectivity index (χ0) is 21.5. The summed E-state index contributed by atoms with van der Waals surface area (Å²) in [6, 6.07) is 23.8. The highest BCUT2D eigenvalue weighted by molar-refractivity contribution is 6.01. The first-order valence-corrected chi connectivity index (χ1v) is 10.4. The molecule has 0 aliphatic heterocycles. The van der Waals surface area contributed by atoms with Crippen molar-refractivity contribution in [3.8, 4) is 22.6 Å². The van der Waals surface area contributed by atoms with E-state index in [1.807, 2.05) is 67.6 Å². The van der Waals surface area contributed by atoms with Gasteiger partial charge >= 0.3 is 0 Å². The molecule has 0 radical (unpaired) electrons. The molecule has 1 N–H and O–H groups in total. The van der Waals surface area contributed by atoms with Gasteiger partial charge in [-0.05, 0) is 37.5 Å². The van der Waals surface area contributed by atoms with Gasteiger partial charge < -0.3 is 5.32 Å². The number of hydrogen-bond donors (Lipinski definition) is 1. The second-order valence-electron chi connectivity index (χ2n) is 7.31. The summed E-state index contributed by atoms with van der Waals surface area (Å²) in [4.78, 5) is 26.7. The Morgan fingerprint density at radius 3 is 2.29 bits per heavy atom. The average molecular weight is 409 g/mol. The van der Waals surface area contributed by atoms with Crippen LogP contribution in [0.5, 0.6) is 0 Å². The van der Waals surface area contributed by atoms with Crippen LogP contribution in [0.1, 0.15) is 28.0 Å². The molecule has 1 amide bonds. The van der Waals surface area contributed by atoms with E-state index in [4.69, 9.17) is 4.98 Å². The van der Waals surface area contributed by atoms with Crippen molar-refractivity contribution in [1.29, 1.82) is 0 Å². The number of aromatic nitrogens is 3. The van der Waals surface area contributed by atoms with Crippen LogP contribution in [0.15, 0.2) is 85.2 Å². The maximum absolute atomic E-state index is 13.1. The van der Waals surface area contributed by atoms with Crippen LogP contribution in [-0.4, -0.2) is 27.4 Å². The van der Waals surface area contributed by atoms with Crippen molar-refractivity contribution < 1.29 is 4.79 Å². The van der Waals surface area contributed by atoms with E-state index in [2.05, 4.69) is 27.4 Å². The molecule has 5 nitrogen and oxygen atoms in total. The number of rotatable bonds is 7. The maximum atomic E-state index is 13.1. The lowest BCUT2D eigenvalue weighted by atomic mass is 10.0. The molecule has 4 aromatic rings. The largest absolute Gasteiger partial charge is 0.352 e. The number of nitrogens with one attached hydrogen (secondary N) is 1. The molecule has 31 heavy (non-hydrogen) atoms. The van der Waals surface area contributed by atoms with Gasteiger partial charge in [0.2, 0.25) is 0 Å². The SMILES string of the molecule is Cc1nc(-c2ccccc2)nc(-c2cccnc2)c1C(=O)NCCCc1ccccc1. The van der Waals surface area contributed by atoms with Crippen molar-refractivity contribution in [3.63, 3.8) is 0 Å². The predicted octanol–water partition coefficient (Wildman–Crippen LogP) is 4.88.